The highest BCUT2D eigenvalue weighted by atomic mass is 32.1. The monoisotopic (exact) mass is 419 g/mol. The molecule has 4 aromatic rings. The Labute approximate surface area is 177 Å². The number of carbonyl (C=O) groups excluding carboxylic acids is 1. The number of aryl methyl sites for hydroxylation is 3. The lowest BCUT2D eigenvalue weighted by Gasteiger charge is -2.12. The first kappa shape index (κ1) is 19.8. The molecule has 0 bridgehead atoms. The van der Waals surface area contributed by atoms with Gasteiger partial charge in [-0.05, 0) is 44.5 Å². The highest BCUT2D eigenvalue weighted by Crippen LogP contribution is 2.24. The largest absolute Gasteiger partial charge is 0.487 e. The standard InChI is InChI=1S/C23H21N3O3S/c1-14-5-4-6-17(9-14)22(28)24-18-8-7-15(2)20(10-18)29-13-19-11-21(27)26-12-16(3)30-23(26)25-19/h4-12H,13H2,1-3H3,(H,24,28). The smallest absolute Gasteiger partial charge is 0.258 e. The molecule has 0 saturated carbocycles. The van der Waals surface area contributed by atoms with Crippen LogP contribution in [-0.4, -0.2) is 15.3 Å². The van der Waals surface area contributed by atoms with Crippen molar-refractivity contribution in [1.29, 1.82) is 0 Å². The van der Waals surface area contributed by atoms with Crippen molar-refractivity contribution in [3.63, 3.8) is 0 Å². The molecule has 0 fully saturated rings. The normalized spacial score (nSPS) is 10.9. The summed E-state index contributed by atoms with van der Waals surface area (Å²) in [5.74, 6) is 0.447. The topological polar surface area (TPSA) is 72.7 Å². The van der Waals surface area contributed by atoms with E-state index in [1.54, 1.807) is 18.3 Å². The second-order valence-corrected chi connectivity index (χ2v) is 8.39. The van der Waals surface area contributed by atoms with Crippen molar-refractivity contribution in [2.75, 3.05) is 5.32 Å². The van der Waals surface area contributed by atoms with Crippen molar-refractivity contribution in [3.05, 3.63) is 92.3 Å². The highest BCUT2D eigenvalue weighted by Gasteiger charge is 2.10. The zero-order valence-electron chi connectivity index (χ0n) is 16.9. The summed E-state index contributed by atoms with van der Waals surface area (Å²) in [6.07, 6.45) is 1.78. The van der Waals surface area contributed by atoms with E-state index in [9.17, 15) is 9.59 Å². The van der Waals surface area contributed by atoms with Gasteiger partial charge in [0.2, 0.25) is 0 Å². The van der Waals surface area contributed by atoms with Gasteiger partial charge in [0.05, 0.1) is 5.69 Å². The quantitative estimate of drug-likeness (QED) is 0.516. The highest BCUT2D eigenvalue weighted by molar-refractivity contribution is 7.16. The number of thiazole rings is 1. The van der Waals surface area contributed by atoms with Crippen LogP contribution in [0.15, 0.2) is 59.5 Å². The molecule has 6 nitrogen and oxygen atoms in total. The zero-order valence-corrected chi connectivity index (χ0v) is 17.7. The maximum atomic E-state index is 12.5. The number of hydrogen-bond acceptors (Lipinski definition) is 5. The van der Waals surface area contributed by atoms with Gasteiger partial charge in [-0.2, -0.15) is 0 Å². The second kappa shape index (κ2) is 8.12. The molecule has 2 heterocycles. The molecular formula is C23H21N3O3S. The van der Waals surface area contributed by atoms with Crippen LogP contribution in [0.1, 0.15) is 32.1 Å². The Bertz CT molecular complexity index is 1310. The molecule has 4 rings (SSSR count). The summed E-state index contributed by atoms with van der Waals surface area (Å²) in [7, 11) is 0. The lowest BCUT2D eigenvalue weighted by Crippen LogP contribution is -2.14. The maximum Gasteiger partial charge on any atom is 0.258 e. The van der Waals surface area contributed by atoms with Crippen molar-refractivity contribution >= 4 is 27.9 Å². The number of fused-ring (bicyclic) bond motifs is 1. The molecule has 7 heteroatoms. The molecule has 0 aliphatic rings. The average Bonchev–Trinajstić information content (AvgIpc) is 3.09. The summed E-state index contributed by atoms with van der Waals surface area (Å²) in [5, 5.41) is 2.90. The number of carbonyl (C=O) groups is 1. The van der Waals surface area contributed by atoms with E-state index < -0.39 is 0 Å². The third kappa shape index (κ3) is 4.26. The molecule has 2 aromatic heterocycles. The van der Waals surface area contributed by atoms with Crippen molar-refractivity contribution < 1.29 is 9.53 Å². The molecule has 1 N–H and O–H groups in total. The van der Waals surface area contributed by atoms with Gasteiger partial charge in [0.25, 0.3) is 11.5 Å². The van der Waals surface area contributed by atoms with E-state index in [0.717, 1.165) is 16.0 Å². The summed E-state index contributed by atoms with van der Waals surface area (Å²) in [5.41, 5.74) is 3.63. The van der Waals surface area contributed by atoms with Gasteiger partial charge < -0.3 is 10.1 Å². The Morgan fingerprint density at radius 3 is 2.77 bits per heavy atom. The Morgan fingerprint density at radius 2 is 1.97 bits per heavy atom. The number of amides is 1. The van der Waals surface area contributed by atoms with Crippen LogP contribution in [0.25, 0.3) is 4.96 Å². The van der Waals surface area contributed by atoms with E-state index in [1.807, 2.05) is 51.1 Å². The summed E-state index contributed by atoms with van der Waals surface area (Å²) in [4.78, 5) is 30.9. The van der Waals surface area contributed by atoms with E-state index >= 15 is 0 Å². The number of nitrogens with one attached hydrogen (secondary N) is 1. The molecule has 0 unspecified atom stereocenters. The van der Waals surface area contributed by atoms with Crippen molar-refractivity contribution in [2.45, 2.75) is 27.4 Å². The van der Waals surface area contributed by atoms with Gasteiger partial charge in [-0.25, -0.2) is 4.98 Å². The molecule has 0 aliphatic heterocycles. The first-order chi connectivity index (χ1) is 14.4. The summed E-state index contributed by atoms with van der Waals surface area (Å²) >= 11 is 1.46. The Balaban J connectivity index is 1.51. The maximum absolute atomic E-state index is 12.5. The molecule has 0 spiro atoms. The molecule has 152 valence electrons. The van der Waals surface area contributed by atoms with Crippen LogP contribution in [0.5, 0.6) is 5.75 Å². The number of hydrogen-bond donors (Lipinski definition) is 1. The number of aromatic nitrogens is 2. The number of rotatable bonds is 5. The minimum atomic E-state index is -0.179. The molecular weight excluding hydrogens is 398 g/mol. The number of benzene rings is 2. The molecule has 0 aliphatic carbocycles. The Kier molecular flexibility index (Phi) is 5.37. The van der Waals surface area contributed by atoms with Gasteiger partial charge in [-0.15, -0.1) is 11.3 Å². The summed E-state index contributed by atoms with van der Waals surface area (Å²) in [6.45, 7) is 5.98. The Hall–Kier alpha value is -3.45. The molecule has 1 amide bonds. The predicted octanol–water partition coefficient (Wildman–Crippen LogP) is 4.51. The fourth-order valence-corrected chi connectivity index (χ4v) is 3.96. The zero-order chi connectivity index (χ0) is 21.3. The van der Waals surface area contributed by atoms with Crippen LogP contribution >= 0.6 is 11.3 Å². The molecule has 0 radical (unpaired) electrons. The van der Waals surface area contributed by atoms with Gasteiger partial charge >= 0.3 is 0 Å². The lowest BCUT2D eigenvalue weighted by atomic mass is 10.1. The van der Waals surface area contributed by atoms with E-state index in [-0.39, 0.29) is 18.1 Å². The third-order valence-corrected chi connectivity index (χ3v) is 5.54. The van der Waals surface area contributed by atoms with Crippen LogP contribution < -0.4 is 15.6 Å². The SMILES string of the molecule is Cc1cccc(C(=O)Nc2ccc(C)c(OCc3cc(=O)n4cc(C)sc4n3)c2)c1. The minimum absolute atomic E-state index is 0.126. The third-order valence-electron chi connectivity index (χ3n) is 4.64. The van der Waals surface area contributed by atoms with Gasteiger partial charge in [0.1, 0.15) is 12.4 Å². The number of anilines is 1. The first-order valence-corrected chi connectivity index (χ1v) is 10.3. The molecule has 2 aromatic carbocycles. The van der Waals surface area contributed by atoms with Crippen LogP contribution in [0.3, 0.4) is 0 Å². The second-order valence-electron chi connectivity index (χ2n) is 7.17. The average molecular weight is 420 g/mol. The van der Waals surface area contributed by atoms with Gasteiger partial charge in [-0.3, -0.25) is 14.0 Å². The van der Waals surface area contributed by atoms with Crippen LogP contribution in [0.2, 0.25) is 0 Å². The van der Waals surface area contributed by atoms with Crippen LogP contribution in [0.4, 0.5) is 5.69 Å². The molecule has 0 atom stereocenters. The predicted molar refractivity (Wildman–Crippen MR) is 119 cm³/mol. The van der Waals surface area contributed by atoms with Crippen molar-refractivity contribution in [3.8, 4) is 5.75 Å². The fraction of sp³-hybridized carbons (Fsp3) is 0.174. The molecule has 30 heavy (non-hydrogen) atoms. The Morgan fingerprint density at radius 1 is 1.13 bits per heavy atom. The van der Waals surface area contributed by atoms with Gasteiger partial charge in [0.15, 0.2) is 4.96 Å². The van der Waals surface area contributed by atoms with E-state index in [4.69, 9.17) is 4.74 Å². The van der Waals surface area contributed by atoms with E-state index in [1.165, 1.54) is 21.8 Å². The van der Waals surface area contributed by atoms with Gasteiger partial charge in [0, 0.05) is 34.5 Å². The molecule has 0 saturated heterocycles. The first-order valence-electron chi connectivity index (χ1n) is 9.49. The van der Waals surface area contributed by atoms with Gasteiger partial charge in [-0.1, -0.05) is 23.8 Å². The lowest BCUT2D eigenvalue weighted by molar-refractivity contribution is 0.102. The van der Waals surface area contributed by atoms with Crippen molar-refractivity contribution in [2.24, 2.45) is 0 Å². The number of nitrogens with zero attached hydrogens (tertiary/aromatic N) is 2. The van der Waals surface area contributed by atoms with E-state index in [0.29, 0.717) is 27.7 Å². The summed E-state index contributed by atoms with van der Waals surface area (Å²) < 4.78 is 7.46. The van der Waals surface area contributed by atoms with Crippen LogP contribution in [-0.2, 0) is 6.61 Å². The van der Waals surface area contributed by atoms with Crippen molar-refractivity contribution in [1.82, 2.24) is 9.38 Å². The van der Waals surface area contributed by atoms with Crippen LogP contribution in [0, 0.1) is 20.8 Å². The number of ether oxygens (including phenoxy) is 1. The fourth-order valence-electron chi connectivity index (χ4n) is 3.11. The summed E-state index contributed by atoms with van der Waals surface area (Å²) in [6, 6.07) is 14.4. The minimum Gasteiger partial charge on any atom is -0.487 e. The van der Waals surface area contributed by atoms with E-state index in [2.05, 4.69) is 10.3 Å².